The van der Waals surface area contributed by atoms with E-state index in [0.29, 0.717) is 17.0 Å². The SMILES string of the molecule is COc1cc2nc(Nc3ccc(OC(C)C)cc3)[nH]c2cc1C(=O)O. The maximum atomic E-state index is 11.3. The van der Waals surface area contributed by atoms with Crippen LogP contribution in [0.25, 0.3) is 11.0 Å². The Kier molecular flexibility index (Phi) is 4.47. The summed E-state index contributed by atoms with van der Waals surface area (Å²) in [6.07, 6.45) is 0.118. The second-order valence-corrected chi connectivity index (χ2v) is 5.78. The number of carbonyl (C=O) groups is 1. The molecular formula is C18H19N3O4. The van der Waals surface area contributed by atoms with E-state index in [1.807, 2.05) is 38.1 Å². The maximum absolute atomic E-state index is 11.3. The summed E-state index contributed by atoms with van der Waals surface area (Å²) in [4.78, 5) is 18.8. The summed E-state index contributed by atoms with van der Waals surface area (Å²) in [5.41, 5.74) is 2.14. The van der Waals surface area contributed by atoms with E-state index in [1.54, 1.807) is 6.07 Å². The Labute approximate surface area is 144 Å². The fourth-order valence-corrected chi connectivity index (χ4v) is 2.46. The van der Waals surface area contributed by atoms with Crippen LogP contribution in [0, 0.1) is 0 Å². The topological polar surface area (TPSA) is 96.5 Å². The normalized spacial score (nSPS) is 10.9. The summed E-state index contributed by atoms with van der Waals surface area (Å²) in [5.74, 6) is 0.523. The van der Waals surface area contributed by atoms with E-state index in [-0.39, 0.29) is 17.4 Å². The molecule has 130 valence electrons. The predicted molar refractivity (Wildman–Crippen MR) is 95.1 cm³/mol. The number of H-pyrrole nitrogens is 1. The smallest absolute Gasteiger partial charge is 0.339 e. The molecule has 0 aliphatic rings. The zero-order valence-electron chi connectivity index (χ0n) is 14.2. The van der Waals surface area contributed by atoms with Crippen LogP contribution in [0.5, 0.6) is 11.5 Å². The van der Waals surface area contributed by atoms with Crippen molar-refractivity contribution in [3.8, 4) is 11.5 Å². The number of rotatable bonds is 6. The highest BCUT2D eigenvalue weighted by Gasteiger charge is 2.14. The summed E-state index contributed by atoms with van der Waals surface area (Å²) in [5, 5.41) is 12.4. The van der Waals surface area contributed by atoms with Crippen LogP contribution in [-0.4, -0.2) is 34.3 Å². The van der Waals surface area contributed by atoms with Crippen molar-refractivity contribution in [1.82, 2.24) is 9.97 Å². The number of fused-ring (bicyclic) bond motifs is 1. The first-order chi connectivity index (χ1) is 12.0. The number of aromatic nitrogens is 2. The van der Waals surface area contributed by atoms with Crippen LogP contribution in [-0.2, 0) is 0 Å². The Balaban J connectivity index is 1.85. The van der Waals surface area contributed by atoms with Crippen molar-refractivity contribution < 1.29 is 19.4 Å². The molecule has 0 spiro atoms. The predicted octanol–water partition coefficient (Wildman–Crippen LogP) is 3.80. The lowest BCUT2D eigenvalue weighted by molar-refractivity contribution is 0.0693. The fraction of sp³-hybridized carbons (Fsp3) is 0.222. The van der Waals surface area contributed by atoms with Gasteiger partial charge in [0.05, 0.1) is 24.2 Å². The van der Waals surface area contributed by atoms with E-state index < -0.39 is 5.97 Å². The molecule has 0 saturated carbocycles. The first-order valence-corrected chi connectivity index (χ1v) is 7.81. The first kappa shape index (κ1) is 16.6. The van der Waals surface area contributed by atoms with Crippen LogP contribution >= 0.6 is 0 Å². The minimum atomic E-state index is -1.05. The average Bonchev–Trinajstić information content (AvgIpc) is 2.96. The second kappa shape index (κ2) is 6.72. The van der Waals surface area contributed by atoms with Gasteiger partial charge in [-0.2, -0.15) is 0 Å². The Morgan fingerprint density at radius 2 is 1.96 bits per heavy atom. The van der Waals surface area contributed by atoms with Crippen molar-refractivity contribution in [3.05, 3.63) is 42.0 Å². The summed E-state index contributed by atoms with van der Waals surface area (Å²) < 4.78 is 10.7. The van der Waals surface area contributed by atoms with Gasteiger partial charge in [0.25, 0.3) is 0 Å². The lowest BCUT2D eigenvalue weighted by Gasteiger charge is -2.10. The van der Waals surface area contributed by atoms with Crippen LogP contribution < -0.4 is 14.8 Å². The molecule has 3 N–H and O–H groups in total. The first-order valence-electron chi connectivity index (χ1n) is 7.81. The Bertz CT molecular complexity index is 901. The largest absolute Gasteiger partial charge is 0.496 e. The number of aromatic carboxylic acids is 1. The van der Waals surface area contributed by atoms with Gasteiger partial charge in [-0.15, -0.1) is 0 Å². The van der Waals surface area contributed by atoms with Crippen molar-refractivity contribution >= 4 is 28.6 Å². The number of hydrogen-bond acceptors (Lipinski definition) is 5. The molecule has 2 aromatic carbocycles. The summed E-state index contributed by atoms with van der Waals surface area (Å²) >= 11 is 0. The van der Waals surface area contributed by atoms with E-state index in [4.69, 9.17) is 9.47 Å². The van der Waals surface area contributed by atoms with E-state index in [1.165, 1.54) is 13.2 Å². The number of carboxylic acid groups (broad SMARTS) is 1. The number of benzene rings is 2. The maximum Gasteiger partial charge on any atom is 0.339 e. The molecule has 0 fully saturated rings. The molecule has 3 aromatic rings. The number of methoxy groups -OCH3 is 1. The molecule has 3 rings (SSSR count). The zero-order valence-corrected chi connectivity index (χ0v) is 14.2. The third-order valence-corrected chi connectivity index (χ3v) is 3.52. The molecular weight excluding hydrogens is 322 g/mol. The van der Waals surface area contributed by atoms with E-state index in [2.05, 4.69) is 15.3 Å². The summed E-state index contributed by atoms with van der Waals surface area (Å²) in [7, 11) is 1.43. The number of anilines is 2. The van der Waals surface area contributed by atoms with Crippen molar-refractivity contribution in [2.75, 3.05) is 12.4 Å². The molecule has 0 radical (unpaired) electrons. The van der Waals surface area contributed by atoms with Crippen LogP contribution in [0.1, 0.15) is 24.2 Å². The zero-order chi connectivity index (χ0) is 18.0. The van der Waals surface area contributed by atoms with Gasteiger partial charge in [0.1, 0.15) is 17.1 Å². The van der Waals surface area contributed by atoms with Gasteiger partial charge in [0, 0.05) is 11.8 Å². The van der Waals surface area contributed by atoms with Crippen molar-refractivity contribution in [2.45, 2.75) is 20.0 Å². The number of aromatic amines is 1. The molecule has 0 unspecified atom stereocenters. The van der Waals surface area contributed by atoms with Crippen molar-refractivity contribution in [1.29, 1.82) is 0 Å². The standard InChI is InChI=1S/C18H19N3O4/c1-10(2)25-12-6-4-11(5-7-12)19-18-20-14-8-13(17(22)23)16(24-3)9-15(14)21-18/h4-10H,1-3H3,(H,22,23)(H2,19,20,21). The Hall–Kier alpha value is -3.22. The van der Waals surface area contributed by atoms with Gasteiger partial charge >= 0.3 is 5.97 Å². The lowest BCUT2D eigenvalue weighted by Crippen LogP contribution is -2.05. The third kappa shape index (κ3) is 3.65. The van der Waals surface area contributed by atoms with Gasteiger partial charge in [0.2, 0.25) is 5.95 Å². The fourth-order valence-electron chi connectivity index (χ4n) is 2.46. The van der Waals surface area contributed by atoms with E-state index in [0.717, 1.165) is 11.4 Å². The molecule has 0 aliphatic heterocycles. The minimum absolute atomic E-state index is 0.0837. The number of carboxylic acids is 1. The Morgan fingerprint density at radius 3 is 2.56 bits per heavy atom. The number of imidazole rings is 1. The van der Waals surface area contributed by atoms with E-state index >= 15 is 0 Å². The van der Waals surface area contributed by atoms with Crippen LogP contribution in [0.3, 0.4) is 0 Å². The molecule has 0 atom stereocenters. The number of hydrogen-bond donors (Lipinski definition) is 3. The molecule has 25 heavy (non-hydrogen) atoms. The monoisotopic (exact) mass is 341 g/mol. The number of nitrogens with zero attached hydrogens (tertiary/aromatic N) is 1. The highest BCUT2D eigenvalue weighted by molar-refractivity contribution is 5.96. The lowest BCUT2D eigenvalue weighted by atomic mass is 10.2. The van der Waals surface area contributed by atoms with Crippen LogP contribution in [0.15, 0.2) is 36.4 Å². The highest BCUT2D eigenvalue weighted by atomic mass is 16.5. The quantitative estimate of drug-likeness (QED) is 0.631. The van der Waals surface area contributed by atoms with Gasteiger partial charge in [-0.3, -0.25) is 0 Å². The molecule has 7 heteroatoms. The Morgan fingerprint density at radius 1 is 1.24 bits per heavy atom. The minimum Gasteiger partial charge on any atom is -0.496 e. The number of ether oxygens (including phenoxy) is 2. The second-order valence-electron chi connectivity index (χ2n) is 5.78. The van der Waals surface area contributed by atoms with Crippen molar-refractivity contribution in [2.24, 2.45) is 0 Å². The van der Waals surface area contributed by atoms with Gasteiger partial charge in [0.15, 0.2) is 0 Å². The average molecular weight is 341 g/mol. The van der Waals surface area contributed by atoms with Gasteiger partial charge in [-0.25, -0.2) is 9.78 Å². The molecule has 0 bridgehead atoms. The summed E-state index contributed by atoms with van der Waals surface area (Å²) in [6.45, 7) is 3.94. The molecule has 1 heterocycles. The van der Waals surface area contributed by atoms with Gasteiger partial charge in [-0.05, 0) is 44.2 Å². The van der Waals surface area contributed by atoms with Crippen LogP contribution in [0.2, 0.25) is 0 Å². The number of nitrogens with one attached hydrogen (secondary N) is 2. The molecule has 1 aromatic heterocycles. The molecule has 0 saturated heterocycles. The van der Waals surface area contributed by atoms with E-state index in [9.17, 15) is 9.90 Å². The molecule has 7 nitrogen and oxygen atoms in total. The third-order valence-electron chi connectivity index (χ3n) is 3.52. The molecule has 0 amide bonds. The molecule has 0 aliphatic carbocycles. The highest BCUT2D eigenvalue weighted by Crippen LogP contribution is 2.27. The van der Waals surface area contributed by atoms with Crippen LogP contribution in [0.4, 0.5) is 11.6 Å². The van der Waals surface area contributed by atoms with Gasteiger partial charge in [-0.1, -0.05) is 0 Å². The van der Waals surface area contributed by atoms with Crippen molar-refractivity contribution in [3.63, 3.8) is 0 Å². The summed E-state index contributed by atoms with van der Waals surface area (Å²) in [6, 6.07) is 10.6. The van der Waals surface area contributed by atoms with Gasteiger partial charge < -0.3 is 24.9 Å².